The van der Waals surface area contributed by atoms with Crippen LogP contribution in [0.2, 0.25) is 0 Å². The first-order valence-corrected chi connectivity index (χ1v) is 8.19. The van der Waals surface area contributed by atoms with Crippen LogP contribution in [0.1, 0.15) is 23.0 Å². The molecule has 0 saturated carbocycles. The zero-order valence-electron chi connectivity index (χ0n) is 10.6. The number of hydrogen-bond acceptors (Lipinski definition) is 2. The fourth-order valence-electron chi connectivity index (χ4n) is 2.19. The molecule has 2 nitrogen and oxygen atoms in total. The highest BCUT2D eigenvalue weighted by Crippen LogP contribution is 2.28. The van der Waals surface area contributed by atoms with E-state index < -0.39 is 0 Å². The molecule has 1 unspecified atom stereocenters. The van der Waals surface area contributed by atoms with Crippen LogP contribution in [0.25, 0.3) is 11.0 Å². The van der Waals surface area contributed by atoms with Crippen molar-refractivity contribution in [2.24, 2.45) is 0 Å². The van der Waals surface area contributed by atoms with Gasteiger partial charge in [0.15, 0.2) is 5.82 Å². The minimum absolute atomic E-state index is 0.273. The zero-order valence-corrected chi connectivity index (χ0v) is 13.8. The van der Waals surface area contributed by atoms with E-state index in [0.717, 1.165) is 9.99 Å². The molecule has 104 valence electrons. The summed E-state index contributed by atoms with van der Waals surface area (Å²) in [5, 5.41) is 1.75. The van der Waals surface area contributed by atoms with Gasteiger partial charge in [-0.1, -0.05) is 6.07 Å². The van der Waals surface area contributed by atoms with Crippen molar-refractivity contribution in [1.29, 1.82) is 0 Å². The number of halogens is 3. The first kappa shape index (κ1) is 14.0. The van der Waals surface area contributed by atoms with E-state index in [9.17, 15) is 4.39 Å². The van der Waals surface area contributed by atoms with Crippen molar-refractivity contribution < 1.29 is 4.39 Å². The number of hydrogen-bond donors (Lipinski definition) is 0. The first-order valence-electron chi connectivity index (χ1n) is 6.08. The third kappa shape index (κ3) is 2.50. The smallest absolute Gasteiger partial charge is 0.151 e. The number of alkyl halides is 1. The summed E-state index contributed by atoms with van der Waals surface area (Å²) in [6.45, 7) is 2.49. The Morgan fingerprint density at radius 3 is 2.95 bits per heavy atom. The lowest BCUT2D eigenvalue weighted by Gasteiger charge is -2.09. The number of imidazole rings is 1. The molecule has 0 radical (unpaired) electrons. The van der Waals surface area contributed by atoms with Crippen LogP contribution in [-0.4, -0.2) is 9.55 Å². The Morgan fingerprint density at radius 1 is 1.50 bits per heavy atom. The van der Waals surface area contributed by atoms with E-state index in [1.54, 1.807) is 17.4 Å². The predicted molar refractivity (Wildman–Crippen MR) is 85.1 cm³/mol. The van der Waals surface area contributed by atoms with Crippen LogP contribution in [0.4, 0.5) is 4.39 Å². The monoisotopic (exact) mass is 372 g/mol. The van der Waals surface area contributed by atoms with Crippen LogP contribution in [0.3, 0.4) is 0 Å². The Labute approximate surface area is 133 Å². The van der Waals surface area contributed by atoms with Crippen molar-refractivity contribution in [2.45, 2.75) is 18.8 Å². The minimum Gasteiger partial charge on any atom is -0.321 e. The van der Waals surface area contributed by atoms with Crippen LogP contribution in [0, 0.1) is 5.82 Å². The number of para-hydroxylation sites is 1. The summed E-state index contributed by atoms with van der Waals surface area (Å²) in [6, 6.07) is 7.04. The topological polar surface area (TPSA) is 17.8 Å². The average Bonchev–Trinajstić information content (AvgIpc) is 2.96. The summed E-state index contributed by atoms with van der Waals surface area (Å²) in [7, 11) is 0. The van der Waals surface area contributed by atoms with E-state index in [2.05, 4.69) is 27.0 Å². The molecule has 1 aromatic carbocycles. The van der Waals surface area contributed by atoms with Gasteiger partial charge < -0.3 is 4.57 Å². The highest BCUT2D eigenvalue weighted by Gasteiger charge is 2.17. The van der Waals surface area contributed by atoms with Crippen LogP contribution >= 0.6 is 38.9 Å². The van der Waals surface area contributed by atoms with Gasteiger partial charge >= 0.3 is 0 Å². The van der Waals surface area contributed by atoms with Crippen molar-refractivity contribution in [2.75, 3.05) is 0 Å². The van der Waals surface area contributed by atoms with E-state index in [1.807, 2.05) is 22.9 Å². The maximum absolute atomic E-state index is 13.9. The molecule has 2 heterocycles. The maximum Gasteiger partial charge on any atom is 0.151 e. The number of fused-ring (bicyclic) bond motifs is 1. The van der Waals surface area contributed by atoms with Gasteiger partial charge in [-0.3, -0.25) is 0 Å². The number of aromatic nitrogens is 2. The summed E-state index contributed by atoms with van der Waals surface area (Å²) in [5.41, 5.74) is 1.16. The van der Waals surface area contributed by atoms with E-state index in [0.29, 0.717) is 17.9 Å². The fraction of sp³-hybridized carbons (Fsp3) is 0.214. The SMILES string of the molecule is CC(Cl)c1nc2c(F)cccc2n1Cc1cc(Br)cs1. The van der Waals surface area contributed by atoms with E-state index in [1.165, 1.54) is 10.9 Å². The Hall–Kier alpha value is -0.910. The van der Waals surface area contributed by atoms with Gasteiger partial charge in [0.1, 0.15) is 11.3 Å². The molecule has 3 rings (SSSR count). The highest BCUT2D eigenvalue weighted by molar-refractivity contribution is 9.10. The van der Waals surface area contributed by atoms with Crippen molar-refractivity contribution in [1.82, 2.24) is 9.55 Å². The molecule has 0 N–H and O–H groups in total. The molecule has 0 saturated heterocycles. The second-order valence-electron chi connectivity index (χ2n) is 4.51. The third-order valence-corrected chi connectivity index (χ3v) is 4.93. The van der Waals surface area contributed by atoms with Gasteiger partial charge in [0.2, 0.25) is 0 Å². The zero-order chi connectivity index (χ0) is 14.3. The van der Waals surface area contributed by atoms with Gasteiger partial charge in [-0.2, -0.15) is 0 Å². The van der Waals surface area contributed by atoms with Gasteiger partial charge in [-0.05, 0) is 41.1 Å². The van der Waals surface area contributed by atoms with Gasteiger partial charge in [0, 0.05) is 14.7 Å². The van der Waals surface area contributed by atoms with Crippen molar-refractivity contribution in [3.05, 3.63) is 50.6 Å². The van der Waals surface area contributed by atoms with Crippen molar-refractivity contribution in [3.8, 4) is 0 Å². The number of thiophene rings is 1. The van der Waals surface area contributed by atoms with Crippen molar-refractivity contribution >= 4 is 49.9 Å². The molecule has 0 amide bonds. The van der Waals surface area contributed by atoms with Gasteiger partial charge in [0.05, 0.1) is 17.4 Å². The lowest BCUT2D eigenvalue weighted by molar-refractivity contribution is 0.637. The molecule has 0 aliphatic heterocycles. The summed E-state index contributed by atoms with van der Waals surface area (Å²) in [4.78, 5) is 5.53. The minimum atomic E-state index is -0.313. The van der Waals surface area contributed by atoms with E-state index in [4.69, 9.17) is 11.6 Å². The Kier molecular flexibility index (Phi) is 3.84. The van der Waals surface area contributed by atoms with Crippen LogP contribution in [-0.2, 0) is 6.54 Å². The number of benzene rings is 1. The summed E-state index contributed by atoms with van der Waals surface area (Å²) < 4.78 is 16.9. The summed E-state index contributed by atoms with van der Waals surface area (Å²) >= 11 is 11.3. The van der Waals surface area contributed by atoms with E-state index in [-0.39, 0.29) is 11.2 Å². The van der Waals surface area contributed by atoms with Crippen molar-refractivity contribution in [3.63, 3.8) is 0 Å². The number of nitrogens with zero attached hydrogens (tertiary/aromatic N) is 2. The highest BCUT2D eigenvalue weighted by atomic mass is 79.9. The molecule has 2 aromatic heterocycles. The molecule has 0 bridgehead atoms. The standard InChI is InChI=1S/C14H11BrClFN2S/c1-8(16)14-18-13-11(17)3-2-4-12(13)19(14)6-10-5-9(15)7-20-10/h2-5,7-8H,6H2,1H3. The van der Waals surface area contributed by atoms with Crippen LogP contribution < -0.4 is 0 Å². The lowest BCUT2D eigenvalue weighted by atomic mass is 10.3. The van der Waals surface area contributed by atoms with Crippen LogP contribution in [0.5, 0.6) is 0 Å². The molecule has 20 heavy (non-hydrogen) atoms. The van der Waals surface area contributed by atoms with Gasteiger partial charge in [-0.15, -0.1) is 22.9 Å². The quantitative estimate of drug-likeness (QED) is 0.566. The molecule has 0 spiro atoms. The molecule has 0 aliphatic rings. The Bertz CT molecular complexity index is 766. The van der Waals surface area contributed by atoms with Gasteiger partial charge in [0.25, 0.3) is 0 Å². The summed E-state index contributed by atoms with van der Waals surface area (Å²) in [6.07, 6.45) is 0. The van der Waals surface area contributed by atoms with E-state index >= 15 is 0 Å². The fourth-order valence-corrected chi connectivity index (χ4v) is 3.80. The normalized spacial score (nSPS) is 13.0. The molecular weight excluding hydrogens is 363 g/mol. The molecule has 0 aliphatic carbocycles. The van der Waals surface area contributed by atoms with Crippen LogP contribution in [0.15, 0.2) is 34.1 Å². The molecular formula is C14H11BrClFN2S. The van der Waals surface area contributed by atoms with Gasteiger partial charge in [-0.25, -0.2) is 9.37 Å². The average molecular weight is 374 g/mol. The predicted octanol–water partition coefficient (Wildman–Crippen LogP) is 5.35. The first-order chi connectivity index (χ1) is 9.56. The largest absolute Gasteiger partial charge is 0.321 e. The second-order valence-corrected chi connectivity index (χ2v) is 7.08. The molecule has 0 fully saturated rings. The third-order valence-electron chi connectivity index (χ3n) is 3.05. The molecule has 1 atom stereocenters. The lowest BCUT2D eigenvalue weighted by Crippen LogP contribution is -2.04. The molecule has 6 heteroatoms. The Morgan fingerprint density at radius 2 is 2.30 bits per heavy atom. The second kappa shape index (κ2) is 5.47. The summed E-state index contributed by atoms with van der Waals surface area (Å²) in [5.74, 6) is 0.378. The molecule has 3 aromatic rings. The number of rotatable bonds is 3. The maximum atomic E-state index is 13.9. The Balaban J connectivity index is 2.16.